The number of aromatic nitrogens is 4. The third kappa shape index (κ3) is 7.53. The average molecular weight is 939 g/mol. The minimum absolute atomic E-state index is 0.0495. The zero-order chi connectivity index (χ0) is 48.5. The van der Waals surface area contributed by atoms with E-state index in [0.717, 1.165) is 55.2 Å². The number of nitrogens with zero attached hydrogens (tertiary/aromatic N) is 4. The molecule has 0 N–H and O–H groups in total. The Bertz CT molecular complexity index is 3790. The first kappa shape index (κ1) is 44.2. The maximum atomic E-state index is 6.44. The third-order valence-electron chi connectivity index (χ3n) is 13.9. The Morgan fingerprint density at radius 1 is 0.380 bits per heavy atom. The van der Waals surface area contributed by atoms with Crippen LogP contribution in [0, 0.1) is 0 Å². The van der Waals surface area contributed by atoms with Gasteiger partial charge in [0.1, 0.15) is 11.2 Å². The molecule has 0 unspecified atom stereocenters. The van der Waals surface area contributed by atoms with Gasteiger partial charge in [-0.1, -0.05) is 175 Å². The van der Waals surface area contributed by atoms with Crippen LogP contribution in [0.5, 0.6) is 0 Å². The highest BCUT2D eigenvalue weighted by Crippen LogP contribution is 2.73. The Morgan fingerprint density at radius 2 is 0.859 bits per heavy atom. The Kier molecular flexibility index (Phi) is 10.6. The van der Waals surface area contributed by atoms with Gasteiger partial charge < -0.3 is 4.42 Å². The molecule has 9 aromatic carbocycles. The lowest BCUT2D eigenvalue weighted by molar-refractivity contribution is 0.590. The summed E-state index contributed by atoms with van der Waals surface area (Å²) in [4.78, 5) is 21.6. The van der Waals surface area contributed by atoms with E-state index in [9.17, 15) is 0 Å². The SMILES string of the molecule is CC(C)(C)c1ccc2c(c1)c1cc(C(C)(C)C)ccc1n2-c1nc(-c2cccc(S(c3ccccc3)(c3ccccc3)c3ccccc3)c2)nc(-c2ccccc2-c2cccc3oc4ccccc4c23)n1. The molecule has 0 aliphatic carbocycles. The van der Waals surface area contributed by atoms with Gasteiger partial charge in [0.05, 0.1) is 11.0 Å². The molecule has 346 valence electrons. The molecule has 0 aliphatic rings. The molecule has 0 fully saturated rings. The van der Waals surface area contributed by atoms with Gasteiger partial charge in [0.2, 0.25) is 5.95 Å². The summed E-state index contributed by atoms with van der Waals surface area (Å²) in [5.41, 5.74) is 10.1. The zero-order valence-electron chi connectivity index (χ0n) is 40.9. The first-order chi connectivity index (χ1) is 34.5. The van der Waals surface area contributed by atoms with Crippen LogP contribution >= 0.6 is 10.0 Å². The Morgan fingerprint density at radius 3 is 1.45 bits per heavy atom. The number of para-hydroxylation sites is 1. The standard InChI is InChI=1S/C65H54N4OS/c1-64(2,3)44-36-38-56-54(41-44)55-42-45(65(4,5)6)37-39-57(55)69(56)63-67-61(66-62(68-63)52-31-17-16-30-50(52)51-33-21-35-59-60(51)53-32-18-19-34-58(53)70-59)43-22-20-29-49(40-43)71(46-23-10-7-11-24-46,47-25-12-8-13-26-47)48-27-14-9-15-28-48/h7-42H,1-6H3. The summed E-state index contributed by atoms with van der Waals surface area (Å²) in [5, 5.41) is 4.47. The van der Waals surface area contributed by atoms with Gasteiger partial charge in [0.15, 0.2) is 11.6 Å². The second-order valence-electron chi connectivity index (χ2n) is 20.5. The second-order valence-corrected chi connectivity index (χ2v) is 23.6. The molecule has 0 aliphatic heterocycles. The summed E-state index contributed by atoms with van der Waals surface area (Å²) in [6.45, 7) is 13.7. The first-order valence-electron chi connectivity index (χ1n) is 24.4. The monoisotopic (exact) mass is 938 g/mol. The van der Waals surface area contributed by atoms with E-state index in [1.165, 1.54) is 41.5 Å². The van der Waals surface area contributed by atoms with Crippen molar-refractivity contribution >= 4 is 53.8 Å². The lowest BCUT2D eigenvalue weighted by atomic mass is 9.85. The zero-order valence-corrected chi connectivity index (χ0v) is 41.7. The van der Waals surface area contributed by atoms with Crippen molar-refractivity contribution in [3.63, 3.8) is 0 Å². The van der Waals surface area contributed by atoms with E-state index >= 15 is 0 Å². The quantitative estimate of drug-likeness (QED) is 0.152. The largest absolute Gasteiger partial charge is 0.456 e. The van der Waals surface area contributed by atoms with Crippen molar-refractivity contribution in [1.29, 1.82) is 0 Å². The fourth-order valence-electron chi connectivity index (χ4n) is 10.3. The number of fused-ring (bicyclic) bond motifs is 6. The molecule has 0 radical (unpaired) electrons. The van der Waals surface area contributed by atoms with Crippen LogP contribution in [0.2, 0.25) is 0 Å². The van der Waals surface area contributed by atoms with Crippen molar-refractivity contribution in [2.45, 2.75) is 72.0 Å². The summed E-state index contributed by atoms with van der Waals surface area (Å²) in [7, 11) is -2.01. The molecule has 6 heteroatoms. The molecule has 3 heterocycles. The second kappa shape index (κ2) is 17.1. The lowest BCUT2D eigenvalue weighted by Crippen LogP contribution is -2.11. The van der Waals surface area contributed by atoms with Crippen LogP contribution in [0.25, 0.3) is 83.6 Å². The van der Waals surface area contributed by atoms with E-state index in [2.05, 4.69) is 246 Å². The molecular formula is C65H54N4OS. The Labute approximate surface area is 416 Å². The van der Waals surface area contributed by atoms with Gasteiger partial charge >= 0.3 is 0 Å². The van der Waals surface area contributed by atoms with Crippen molar-refractivity contribution in [2.24, 2.45) is 0 Å². The Hall–Kier alpha value is -8.06. The number of hydrogen-bond acceptors (Lipinski definition) is 4. The summed E-state index contributed by atoms with van der Waals surface area (Å²) in [6.07, 6.45) is 0. The van der Waals surface area contributed by atoms with Gasteiger partial charge in [0.25, 0.3) is 0 Å². The van der Waals surface area contributed by atoms with E-state index in [1.807, 2.05) is 18.2 Å². The molecule has 0 bridgehead atoms. The van der Waals surface area contributed by atoms with Gasteiger partial charge in [-0.3, -0.25) is 4.57 Å². The molecule has 12 rings (SSSR count). The summed E-state index contributed by atoms with van der Waals surface area (Å²) in [6, 6.07) is 78.7. The summed E-state index contributed by atoms with van der Waals surface area (Å²) >= 11 is 0. The van der Waals surface area contributed by atoms with Crippen LogP contribution in [0.4, 0.5) is 0 Å². The summed E-state index contributed by atoms with van der Waals surface area (Å²) < 4.78 is 8.69. The smallest absolute Gasteiger partial charge is 0.238 e. The van der Waals surface area contributed by atoms with Crippen LogP contribution in [0.3, 0.4) is 0 Å². The van der Waals surface area contributed by atoms with E-state index in [-0.39, 0.29) is 10.8 Å². The highest BCUT2D eigenvalue weighted by atomic mass is 32.3. The van der Waals surface area contributed by atoms with Gasteiger partial charge in [-0.15, -0.1) is 10.0 Å². The van der Waals surface area contributed by atoms with Crippen molar-refractivity contribution in [1.82, 2.24) is 19.5 Å². The van der Waals surface area contributed by atoms with Gasteiger partial charge in [-0.05, 0) is 118 Å². The van der Waals surface area contributed by atoms with E-state index in [0.29, 0.717) is 17.6 Å². The molecule has 0 spiro atoms. The van der Waals surface area contributed by atoms with Crippen LogP contribution < -0.4 is 0 Å². The van der Waals surface area contributed by atoms with Crippen molar-refractivity contribution in [2.75, 3.05) is 0 Å². The molecule has 12 aromatic rings. The molecule has 0 saturated heterocycles. The van der Waals surface area contributed by atoms with E-state index < -0.39 is 10.0 Å². The van der Waals surface area contributed by atoms with Gasteiger partial charge in [-0.25, -0.2) is 4.98 Å². The van der Waals surface area contributed by atoms with E-state index in [1.54, 1.807) is 0 Å². The summed E-state index contributed by atoms with van der Waals surface area (Å²) in [5.74, 6) is 1.72. The predicted octanol–water partition coefficient (Wildman–Crippen LogP) is 17.8. The number of furan rings is 1. The predicted molar refractivity (Wildman–Crippen MR) is 295 cm³/mol. The molecule has 5 nitrogen and oxygen atoms in total. The third-order valence-corrected chi connectivity index (χ3v) is 17.8. The van der Waals surface area contributed by atoms with Crippen molar-refractivity contribution in [3.8, 4) is 39.9 Å². The van der Waals surface area contributed by atoms with Crippen molar-refractivity contribution < 1.29 is 4.42 Å². The molecule has 3 aromatic heterocycles. The van der Waals surface area contributed by atoms with E-state index in [4.69, 9.17) is 19.4 Å². The topological polar surface area (TPSA) is 56.7 Å². The minimum Gasteiger partial charge on any atom is -0.456 e. The van der Waals surface area contributed by atoms with Gasteiger partial charge in [-0.2, -0.15) is 9.97 Å². The molecule has 0 atom stereocenters. The lowest BCUT2D eigenvalue weighted by Gasteiger charge is -2.42. The molecule has 0 saturated carbocycles. The highest BCUT2D eigenvalue weighted by Gasteiger charge is 2.34. The maximum absolute atomic E-state index is 6.44. The fraction of sp³-hybridized carbons (Fsp3) is 0.123. The van der Waals surface area contributed by atoms with Crippen LogP contribution in [0.15, 0.2) is 242 Å². The van der Waals surface area contributed by atoms with Crippen molar-refractivity contribution in [3.05, 3.63) is 230 Å². The van der Waals surface area contributed by atoms with Gasteiger partial charge in [0, 0.05) is 52.3 Å². The minimum atomic E-state index is -2.01. The van der Waals surface area contributed by atoms with Crippen LogP contribution in [-0.4, -0.2) is 19.5 Å². The number of benzene rings is 9. The molecular weight excluding hydrogens is 885 g/mol. The average Bonchev–Trinajstić information content (AvgIpc) is 3.95. The highest BCUT2D eigenvalue weighted by molar-refractivity contribution is 8.34. The molecule has 0 amide bonds. The number of rotatable bonds is 8. The maximum Gasteiger partial charge on any atom is 0.238 e. The Balaban J connectivity index is 1.16. The van der Waals surface area contributed by atoms with Crippen LogP contribution in [0.1, 0.15) is 52.7 Å². The first-order valence-corrected chi connectivity index (χ1v) is 26.0. The number of hydrogen-bond donors (Lipinski definition) is 0. The van der Waals surface area contributed by atoms with Crippen LogP contribution in [-0.2, 0) is 10.8 Å². The molecule has 71 heavy (non-hydrogen) atoms. The fourth-order valence-corrected chi connectivity index (χ4v) is 14.2. The normalized spacial score (nSPS) is 12.6.